The molecule has 0 saturated carbocycles. The summed E-state index contributed by atoms with van der Waals surface area (Å²) in [4.78, 5) is 28.7. The number of benzene rings is 3. The van der Waals surface area contributed by atoms with Crippen molar-refractivity contribution in [2.45, 2.75) is 59.2 Å². The highest BCUT2D eigenvalue weighted by Crippen LogP contribution is 2.18. The van der Waals surface area contributed by atoms with Crippen LogP contribution in [0.4, 0.5) is 0 Å². The average Bonchev–Trinajstić information content (AvgIpc) is 2.87. The van der Waals surface area contributed by atoms with E-state index in [1.54, 1.807) is 4.90 Å². The van der Waals surface area contributed by atoms with Gasteiger partial charge in [0.2, 0.25) is 5.91 Å². The van der Waals surface area contributed by atoms with Crippen molar-refractivity contribution in [2.24, 2.45) is 0 Å². The predicted octanol–water partition coefficient (Wildman–Crippen LogP) is 5.24. The second kappa shape index (κ2) is 12.7. The van der Waals surface area contributed by atoms with E-state index in [0.29, 0.717) is 18.7 Å². The molecule has 0 aliphatic carbocycles. The molecule has 35 heavy (non-hydrogen) atoms. The number of carbonyl (C=O) groups is 2. The monoisotopic (exact) mass is 472 g/mol. The molecule has 1 N–H and O–H groups in total. The van der Waals surface area contributed by atoms with Crippen molar-refractivity contribution >= 4 is 11.8 Å². The molecule has 184 valence electrons. The molecule has 0 aromatic heterocycles. The highest BCUT2D eigenvalue weighted by molar-refractivity contribution is 5.88. The van der Waals surface area contributed by atoms with Crippen LogP contribution in [-0.4, -0.2) is 35.4 Å². The SMILES string of the molecule is CC[C@H](C)NC(=O)[C@H](Cc1ccccc1)N(Cc1ccccc1)C(=O)COc1ccc(C)c(C)c1. The molecule has 0 saturated heterocycles. The van der Waals surface area contributed by atoms with Gasteiger partial charge in [-0.3, -0.25) is 9.59 Å². The molecule has 3 rings (SSSR count). The normalized spacial score (nSPS) is 12.5. The van der Waals surface area contributed by atoms with Gasteiger partial charge in [-0.15, -0.1) is 0 Å². The van der Waals surface area contributed by atoms with Gasteiger partial charge in [0.1, 0.15) is 11.8 Å². The lowest BCUT2D eigenvalue weighted by molar-refractivity contribution is -0.143. The third kappa shape index (κ3) is 7.71. The van der Waals surface area contributed by atoms with Crippen molar-refractivity contribution < 1.29 is 14.3 Å². The van der Waals surface area contributed by atoms with Crippen LogP contribution < -0.4 is 10.1 Å². The largest absolute Gasteiger partial charge is 0.484 e. The third-order valence-electron chi connectivity index (χ3n) is 6.31. The van der Waals surface area contributed by atoms with Crippen molar-refractivity contribution in [3.05, 3.63) is 101 Å². The Morgan fingerprint density at radius 1 is 0.886 bits per heavy atom. The molecular formula is C30H36N2O3. The van der Waals surface area contributed by atoms with Crippen molar-refractivity contribution in [3.63, 3.8) is 0 Å². The fraction of sp³-hybridized carbons (Fsp3) is 0.333. The van der Waals surface area contributed by atoms with E-state index in [0.717, 1.165) is 23.1 Å². The molecule has 2 amide bonds. The van der Waals surface area contributed by atoms with E-state index >= 15 is 0 Å². The van der Waals surface area contributed by atoms with Gasteiger partial charge in [0.15, 0.2) is 6.61 Å². The lowest BCUT2D eigenvalue weighted by atomic mass is 10.0. The Labute approximate surface area is 209 Å². The van der Waals surface area contributed by atoms with Gasteiger partial charge in [-0.2, -0.15) is 0 Å². The maximum absolute atomic E-state index is 13.6. The molecule has 0 spiro atoms. The Hall–Kier alpha value is -3.60. The van der Waals surface area contributed by atoms with Crippen LogP contribution in [0.2, 0.25) is 0 Å². The fourth-order valence-corrected chi connectivity index (χ4v) is 3.81. The van der Waals surface area contributed by atoms with Crippen molar-refractivity contribution in [3.8, 4) is 5.75 Å². The maximum Gasteiger partial charge on any atom is 0.261 e. The van der Waals surface area contributed by atoms with E-state index in [1.807, 2.05) is 107 Å². The first-order valence-corrected chi connectivity index (χ1v) is 12.2. The molecule has 0 fully saturated rings. The minimum atomic E-state index is -0.664. The molecule has 3 aromatic carbocycles. The van der Waals surface area contributed by atoms with E-state index in [-0.39, 0.29) is 24.5 Å². The zero-order chi connectivity index (χ0) is 25.2. The number of nitrogens with zero attached hydrogens (tertiary/aromatic N) is 1. The summed E-state index contributed by atoms with van der Waals surface area (Å²) in [6.45, 7) is 8.24. The van der Waals surface area contributed by atoms with Crippen LogP contribution in [0.5, 0.6) is 5.75 Å². The van der Waals surface area contributed by atoms with Gasteiger partial charge in [0, 0.05) is 19.0 Å². The van der Waals surface area contributed by atoms with Gasteiger partial charge in [-0.1, -0.05) is 73.7 Å². The standard InChI is InChI=1S/C30H36N2O3/c1-5-24(4)31-30(34)28(19-25-12-8-6-9-13-25)32(20-26-14-10-7-11-15-26)29(33)21-35-27-17-16-22(2)23(3)18-27/h6-18,24,28H,5,19-21H2,1-4H3,(H,31,34)/t24-,28-/m0/s1. The summed E-state index contributed by atoms with van der Waals surface area (Å²) >= 11 is 0. The number of hydrogen-bond acceptors (Lipinski definition) is 3. The van der Waals surface area contributed by atoms with Crippen LogP contribution in [0.25, 0.3) is 0 Å². The molecule has 0 aliphatic rings. The van der Waals surface area contributed by atoms with E-state index < -0.39 is 6.04 Å². The first kappa shape index (κ1) is 26.0. The first-order valence-electron chi connectivity index (χ1n) is 12.2. The maximum atomic E-state index is 13.6. The lowest BCUT2D eigenvalue weighted by Gasteiger charge is -2.32. The number of rotatable bonds is 11. The highest BCUT2D eigenvalue weighted by Gasteiger charge is 2.31. The number of ether oxygens (including phenoxy) is 1. The van der Waals surface area contributed by atoms with Crippen molar-refractivity contribution in [1.82, 2.24) is 10.2 Å². The topological polar surface area (TPSA) is 58.6 Å². The van der Waals surface area contributed by atoms with Gasteiger partial charge in [-0.25, -0.2) is 0 Å². The molecule has 0 radical (unpaired) electrons. The lowest BCUT2D eigenvalue weighted by Crippen LogP contribution is -2.53. The summed E-state index contributed by atoms with van der Waals surface area (Å²) in [7, 11) is 0. The van der Waals surface area contributed by atoms with Crippen LogP contribution in [0.3, 0.4) is 0 Å². The zero-order valence-electron chi connectivity index (χ0n) is 21.2. The van der Waals surface area contributed by atoms with Crippen LogP contribution in [0, 0.1) is 13.8 Å². The molecule has 5 heteroatoms. The van der Waals surface area contributed by atoms with Gasteiger partial charge in [0.25, 0.3) is 5.91 Å². The Morgan fingerprint density at radius 2 is 1.51 bits per heavy atom. The summed E-state index contributed by atoms with van der Waals surface area (Å²) in [5, 5.41) is 3.08. The van der Waals surface area contributed by atoms with E-state index in [9.17, 15) is 9.59 Å². The Morgan fingerprint density at radius 3 is 2.11 bits per heavy atom. The van der Waals surface area contributed by atoms with E-state index in [2.05, 4.69) is 5.32 Å². The minimum Gasteiger partial charge on any atom is -0.484 e. The smallest absolute Gasteiger partial charge is 0.261 e. The molecular weight excluding hydrogens is 436 g/mol. The molecule has 0 aliphatic heterocycles. The molecule has 0 bridgehead atoms. The molecule has 5 nitrogen and oxygen atoms in total. The number of carbonyl (C=O) groups excluding carboxylic acids is 2. The highest BCUT2D eigenvalue weighted by atomic mass is 16.5. The zero-order valence-corrected chi connectivity index (χ0v) is 21.2. The molecule has 0 heterocycles. The number of amides is 2. The second-order valence-electron chi connectivity index (χ2n) is 9.07. The number of aryl methyl sites for hydroxylation is 2. The first-order chi connectivity index (χ1) is 16.9. The summed E-state index contributed by atoms with van der Waals surface area (Å²) < 4.78 is 5.88. The molecule has 3 aromatic rings. The van der Waals surface area contributed by atoms with Gasteiger partial charge in [0.05, 0.1) is 0 Å². The quantitative estimate of drug-likeness (QED) is 0.415. The van der Waals surface area contributed by atoms with Crippen molar-refractivity contribution in [1.29, 1.82) is 0 Å². The van der Waals surface area contributed by atoms with E-state index in [1.165, 1.54) is 5.56 Å². The van der Waals surface area contributed by atoms with Crippen LogP contribution >= 0.6 is 0 Å². The number of hydrogen-bond donors (Lipinski definition) is 1. The van der Waals surface area contributed by atoms with Crippen LogP contribution in [0.1, 0.15) is 42.5 Å². The molecule has 2 atom stereocenters. The second-order valence-corrected chi connectivity index (χ2v) is 9.07. The van der Waals surface area contributed by atoms with Gasteiger partial charge in [-0.05, 0) is 61.6 Å². The Balaban J connectivity index is 1.89. The number of nitrogens with one attached hydrogen (secondary N) is 1. The predicted molar refractivity (Wildman–Crippen MR) is 140 cm³/mol. The third-order valence-corrected chi connectivity index (χ3v) is 6.31. The van der Waals surface area contributed by atoms with Crippen LogP contribution in [0.15, 0.2) is 78.9 Å². The van der Waals surface area contributed by atoms with Crippen molar-refractivity contribution in [2.75, 3.05) is 6.61 Å². The summed E-state index contributed by atoms with van der Waals surface area (Å²) in [6.07, 6.45) is 1.23. The summed E-state index contributed by atoms with van der Waals surface area (Å²) in [6, 6.07) is 24.7. The Kier molecular flexibility index (Phi) is 9.47. The minimum absolute atomic E-state index is 0.0150. The molecule has 0 unspecified atom stereocenters. The van der Waals surface area contributed by atoms with Gasteiger partial charge < -0.3 is 15.0 Å². The fourth-order valence-electron chi connectivity index (χ4n) is 3.81. The van der Waals surface area contributed by atoms with Crippen LogP contribution in [-0.2, 0) is 22.6 Å². The van der Waals surface area contributed by atoms with Gasteiger partial charge >= 0.3 is 0 Å². The summed E-state index contributed by atoms with van der Waals surface area (Å²) in [5.74, 6) is 0.260. The van der Waals surface area contributed by atoms with E-state index in [4.69, 9.17) is 4.74 Å². The average molecular weight is 473 g/mol. The Bertz CT molecular complexity index is 1100. The summed E-state index contributed by atoms with van der Waals surface area (Å²) in [5.41, 5.74) is 4.23.